The molecule has 6 heteroatoms. The summed E-state index contributed by atoms with van der Waals surface area (Å²) >= 11 is 0. The van der Waals surface area contributed by atoms with E-state index in [1.807, 2.05) is 0 Å². The predicted molar refractivity (Wildman–Crippen MR) is 57.2 cm³/mol. The van der Waals surface area contributed by atoms with Gasteiger partial charge in [0, 0.05) is 25.5 Å². The Morgan fingerprint density at radius 2 is 2.50 bits per heavy atom. The number of hydrogen-bond donors (Lipinski definition) is 1. The highest BCUT2D eigenvalue weighted by molar-refractivity contribution is 5.73. The van der Waals surface area contributed by atoms with Crippen molar-refractivity contribution in [2.45, 2.75) is 6.42 Å². The number of carbonyl (C=O) groups excluding carboxylic acids is 1. The summed E-state index contributed by atoms with van der Waals surface area (Å²) in [6, 6.07) is 0. The normalized spacial score (nSPS) is 19.8. The van der Waals surface area contributed by atoms with Crippen molar-refractivity contribution in [3.05, 3.63) is 22.7 Å². The molecule has 1 fully saturated rings. The van der Waals surface area contributed by atoms with Crippen LogP contribution >= 0.6 is 0 Å². The minimum absolute atomic E-state index is 0.161. The smallest absolute Gasteiger partial charge is 0.310 e. The molecule has 0 saturated carbocycles. The average molecular weight is 223 g/mol. The molecular formula is C10H13N3O3. The number of ether oxygens (including phenoxy) is 1. The van der Waals surface area contributed by atoms with Gasteiger partial charge in [0.05, 0.1) is 13.0 Å². The molecule has 1 aromatic heterocycles. The van der Waals surface area contributed by atoms with Crippen LogP contribution in [-0.4, -0.2) is 36.1 Å². The lowest BCUT2D eigenvalue weighted by molar-refractivity contribution is -0.144. The molecule has 0 aromatic carbocycles. The summed E-state index contributed by atoms with van der Waals surface area (Å²) in [5, 5.41) is 0. The molecule has 2 rings (SSSR count). The quantitative estimate of drug-likeness (QED) is 0.701. The van der Waals surface area contributed by atoms with Gasteiger partial charge in [-0.15, -0.1) is 0 Å². The summed E-state index contributed by atoms with van der Waals surface area (Å²) < 4.78 is 4.68. The molecule has 0 radical (unpaired) electrons. The zero-order valence-electron chi connectivity index (χ0n) is 8.97. The molecule has 0 bridgehead atoms. The van der Waals surface area contributed by atoms with Crippen LogP contribution in [-0.2, 0) is 9.53 Å². The van der Waals surface area contributed by atoms with E-state index >= 15 is 0 Å². The van der Waals surface area contributed by atoms with Gasteiger partial charge in [-0.1, -0.05) is 0 Å². The van der Waals surface area contributed by atoms with Gasteiger partial charge in [-0.2, -0.15) is 0 Å². The topological polar surface area (TPSA) is 75.3 Å². The Bertz CT molecular complexity index is 443. The molecule has 6 nitrogen and oxygen atoms in total. The maximum absolute atomic E-state index is 11.5. The van der Waals surface area contributed by atoms with E-state index in [0.717, 1.165) is 0 Å². The highest BCUT2D eigenvalue weighted by Gasteiger charge is 2.30. The second-order valence-electron chi connectivity index (χ2n) is 3.70. The van der Waals surface area contributed by atoms with E-state index in [2.05, 4.69) is 14.7 Å². The van der Waals surface area contributed by atoms with Crippen LogP contribution < -0.4 is 10.5 Å². The molecule has 0 amide bonds. The van der Waals surface area contributed by atoms with E-state index in [1.165, 1.54) is 19.5 Å². The number of nitrogens with zero attached hydrogens (tertiary/aromatic N) is 2. The van der Waals surface area contributed by atoms with Crippen molar-refractivity contribution in [1.29, 1.82) is 0 Å². The van der Waals surface area contributed by atoms with Crippen molar-refractivity contribution >= 4 is 11.8 Å². The monoisotopic (exact) mass is 223 g/mol. The van der Waals surface area contributed by atoms with Gasteiger partial charge >= 0.3 is 5.97 Å². The maximum atomic E-state index is 11.5. The van der Waals surface area contributed by atoms with Crippen molar-refractivity contribution in [3.8, 4) is 0 Å². The maximum Gasteiger partial charge on any atom is 0.310 e. The van der Waals surface area contributed by atoms with E-state index in [0.29, 0.717) is 25.3 Å². The Balaban J connectivity index is 2.12. The Hall–Kier alpha value is -1.85. The van der Waals surface area contributed by atoms with Crippen LogP contribution in [0.3, 0.4) is 0 Å². The van der Waals surface area contributed by atoms with Crippen molar-refractivity contribution in [3.63, 3.8) is 0 Å². The van der Waals surface area contributed by atoms with Crippen molar-refractivity contribution in [2.75, 3.05) is 25.1 Å². The van der Waals surface area contributed by atoms with E-state index in [1.54, 1.807) is 4.90 Å². The lowest BCUT2D eigenvalue weighted by Crippen LogP contribution is -2.29. The number of esters is 1. The minimum atomic E-state index is -0.229. The predicted octanol–water partition coefficient (Wildman–Crippen LogP) is -0.231. The van der Waals surface area contributed by atoms with Gasteiger partial charge in [0.15, 0.2) is 5.82 Å². The lowest BCUT2D eigenvalue weighted by Gasteiger charge is -2.15. The molecule has 1 aromatic rings. The third kappa shape index (κ3) is 1.91. The van der Waals surface area contributed by atoms with Crippen LogP contribution in [0.2, 0.25) is 0 Å². The molecule has 1 N–H and O–H groups in total. The van der Waals surface area contributed by atoms with Crippen LogP contribution in [0, 0.1) is 5.92 Å². The zero-order valence-corrected chi connectivity index (χ0v) is 8.97. The average Bonchev–Trinajstić information content (AvgIpc) is 2.78. The molecule has 1 saturated heterocycles. The number of rotatable bonds is 2. The van der Waals surface area contributed by atoms with Crippen molar-refractivity contribution in [2.24, 2.45) is 5.92 Å². The highest BCUT2D eigenvalue weighted by atomic mass is 16.5. The summed E-state index contributed by atoms with van der Waals surface area (Å²) in [7, 11) is 1.37. The molecule has 1 atom stereocenters. The fourth-order valence-corrected chi connectivity index (χ4v) is 1.88. The lowest BCUT2D eigenvalue weighted by atomic mass is 10.1. The summed E-state index contributed by atoms with van der Waals surface area (Å²) in [5.74, 6) is -0.0184. The number of aromatic nitrogens is 2. The van der Waals surface area contributed by atoms with Gasteiger partial charge < -0.3 is 14.6 Å². The van der Waals surface area contributed by atoms with Crippen LogP contribution in [0.15, 0.2) is 17.2 Å². The fourth-order valence-electron chi connectivity index (χ4n) is 1.88. The van der Waals surface area contributed by atoms with Gasteiger partial charge in [0.25, 0.3) is 5.56 Å². The summed E-state index contributed by atoms with van der Waals surface area (Å²) in [6.45, 7) is 1.15. The standard InChI is InChI=1S/C10H13N3O3/c1-16-10(15)7-2-5-13(6-7)8-9(14)12-4-3-11-8/h3-4,7H,2,5-6H2,1H3,(H,12,14). The Kier molecular flexibility index (Phi) is 2.89. The van der Waals surface area contributed by atoms with Gasteiger partial charge in [0.1, 0.15) is 0 Å². The number of H-pyrrole nitrogens is 1. The third-order valence-corrected chi connectivity index (χ3v) is 2.71. The summed E-state index contributed by atoms with van der Waals surface area (Å²) in [4.78, 5) is 31.2. The van der Waals surface area contributed by atoms with Gasteiger partial charge in [0.2, 0.25) is 0 Å². The first-order chi connectivity index (χ1) is 7.72. The molecule has 0 aliphatic carbocycles. The minimum Gasteiger partial charge on any atom is -0.469 e. The molecule has 1 aliphatic rings. The molecule has 16 heavy (non-hydrogen) atoms. The van der Waals surface area contributed by atoms with Crippen molar-refractivity contribution < 1.29 is 9.53 Å². The van der Waals surface area contributed by atoms with E-state index in [9.17, 15) is 9.59 Å². The first-order valence-corrected chi connectivity index (χ1v) is 5.09. The Morgan fingerprint density at radius 3 is 3.19 bits per heavy atom. The number of hydrogen-bond acceptors (Lipinski definition) is 5. The van der Waals surface area contributed by atoms with Gasteiger partial charge in [-0.05, 0) is 6.42 Å². The van der Waals surface area contributed by atoms with Crippen LogP contribution in [0.5, 0.6) is 0 Å². The second kappa shape index (κ2) is 4.34. The van der Waals surface area contributed by atoms with Gasteiger partial charge in [-0.3, -0.25) is 9.59 Å². The highest BCUT2D eigenvalue weighted by Crippen LogP contribution is 2.20. The summed E-state index contributed by atoms with van der Waals surface area (Å²) in [5.41, 5.74) is -0.229. The molecule has 86 valence electrons. The first kappa shape index (κ1) is 10.7. The molecule has 1 unspecified atom stereocenters. The second-order valence-corrected chi connectivity index (χ2v) is 3.70. The molecular weight excluding hydrogens is 210 g/mol. The van der Waals surface area contributed by atoms with Crippen LogP contribution in [0.25, 0.3) is 0 Å². The molecule has 1 aliphatic heterocycles. The Labute approximate surface area is 92.3 Å². The van der Waals surface area contributed by atoms with Crippen molar-refractivity contribution in [1.82, 2.24) is 9.97 Å². The van der Waals surface area contributed by atoms with E-state index in [-0.39, 0.29) is 17.4 Å². The number of aromatic amines is 1. The Morgan fingerprint density at radius 1 is 1.69 bits per heavy atom. The number of anilines is 1. The van der Waals surface area contributed by atoms with Crippen LogP contribution in [0.4, 0.5) is 5.82 Å². The molecule has 0 spiro atoms. The third-order valence-electron chi connectivity index (χ3n) is 2.71. The van der Waals surface area contributed by atoms with E-state index in [4.69, 9.17) is 0 Å². The molecule has 2 heterocycles. The van der Waals surface area contributed by atoms with E-state index < -0.39 is 0 Å². The fraction of sp³-hybridized carbons (Fsp3) is 0.500. The zero-order chi connectivity index (χ0) is 11.5. The van der Waals surface area contributed by atoms with Crippen LogP contribution in [0.1, 0.15) is 6.42 Å². The first-order valence-electron chi connectivity index (χ1n) is 5.09. The summed E-state index contributed by atoms with van der Waals surface area (Å²) in [6.07, 6.45) is 3.71. The SMILES string of the molecule is COC(=O)C1CCN(c2ncc[nH]c2=O)C1. The number of carbonyl (C=O) groups is 1. The number of methoxy groups -OCH3 is 1. The van der Waals surface area contributed by atoms with Gasteiger partial charge in [-0.25, -0.2) is 4.98 Å². The largest absolute Gasteiger partial charge is 0.469 e. The number of nitrogens with one attached hydrogen (secondary N) is 1.